The highest BCUT2D eigenvalue weighted by Crippen LogP contribution is 2.00. The molecule has 1 aromatic rings. The molecule has 0 heterocycles. The van der Waals surface area contributed by atoms with Crippen molar-refractivity contribution in [3.63, 3.8) is 0 Å². The standard InChI is InChI=1S/C12H13NO2/c1-3-10(2)13-12(14)15-9-11-7-5-4-6-8-11/h1,4-8,10H,9H2,2H3,(H,13,14)/t10-/m0/s1. The van der Waals surface area contributed by atoms with Crippen LogP contribution in [0.3, 0.4) is 0 Å². The highest BCUT2D eigenvalue weighted by Gasteiger charge is 2.04. The number of carbonyl (C=O) groups excluding carboxylic acids is 1. The fourth-order valence-electron chi connectivity index (χ4n) is 0.983. The average Bonchev–Trinajstić information content (AvgIpc) is 2.27. The van der Waals surface area contributed by atoms with Crippen LogP contribution in [0.1, 0.15) is 12.5 Å². The zero-order valence-electron chi connectivity index (χ0n) is 8.57. The molecule has 78 valence electrons. The Hall–Kier alpha value is -1.95. The van der Waals surface area contributed by atoms with Crippen molar-refractivity contribution in [3.8, 4) is 12.3 Å². The van der Waals surface area contributed by atoms with Crippen LogP contribution >= 0.6 is 0 Å². The lowest BCUT2D eigenvalue weighted by Gasteiger charge is -2.08. The van der Waals surface area contributed by atoms with Crippen molar-refractivity contribution >= 4 is 6.09 Å². The summed E-state index contributed by atoms with van der Waals surface area (Å²) < 4.78 is 4.95. The Labute approximate surface area is 89.4 Å². The summed E-state index contributed by atoms with van der Waals surface area (Å²) in [4.78, 5) is 11.2. The number of hydrogen-bond acceptors (Lipinski definition) is 2. The van der Waals surface area contributed by atoms with Gasteiger partial charge in [0.2, 0.25) is 0 Å². The molecule has 1 atom stereocenters. The number of benzene rings is 1. The van der Waals surface area contributed by atoms with Crippen molar-refractivity contribution < 1.29 is 9.53 Å². The minimum Gasteiger partial charge on any atom is -0.445 e. The lowest BCUT2D eigenvalue weighted by molar-refractivity contribution is 0.138. The molecule has 0 aliphatic rings. The third kappa shape index (κ3) is 4.19. The zero-order chi connectivity index (χ0) is 11.1. The lowest BCUT2D eigenvalue weighted by Crippen LogP contribution is -2.31. The predicted molar refractivity (Wildman–Crippen MR) is 58.1 cm³/mol. The average molecular weight is 203 g/mol. The first-order chi connectivity index (χ1) is 7.22. The number of alkyl carbamates (subject to hydrolysis) is 1. The Morgan fingerprint density at radius 2 is 2.20 bits per heavy atom. The fourth-order valence-corrected chi connectivity index (χ4v) is 0.983. The van der Waals surface area contributed by atoms with E-state index >= 15 is 0 Å². The molecule has 1 N–H and O–H groups in total. The van der Waals surface area contributed by atoms with Gasteiger partial charge in [-0.15, -0.1) is 6.42 Å². The van der Waals surface area contributed by atoms with E-state index in [1.165, 1.54) is 0 Å². The maximum Gasteiger partial charge on any atom is 0.408 e. The smallest absolute Gasteiger partial charge is 0.408 e. The molecule has 0 aromatic heterocycles. The van der Waals surface area contributed by atoms with E-state index in [0.717, 1.165) is 5.56 Å². The number of terminal acetylenes is 1. The van der Waals surface area contributed by atoms with E-state index in [-0.39, 0.29) is 12.6 Å². The molecule has 0 aliphatic carbocycles. The second-order valence-electron chi connectivity index (χ2n) is 3.09. The van der Waals surface area contributed by atoms with E-state index in [2.05, 4.69) is 11.2 Å². The first kappa shape index (κ1) is 11.1. The molecule has 3 nitrogen and oxygen atoms in total. The Balaban J connectivity index is 2.32. The van der Waals surface area contributed by atoms with Crippen LogP contribution in [0.4, 0.5) is 4.79 Å². The van der Waals surface area contributed by atoms with Crippen molar-refractivity contribution in [1.29, 1.82) is 0 Å². The molecule has 15 heavy (non-hydrogen) atoms. The quantitative estimate of drug-likeness (QED) is 0.762. The summed E-state index contributed by atoms with van der Waals surface area (Å²) in [6, 6.07) is 9.15. The largest absolute Gasteiger partial charge is 0.445 e. The number of rotatable bonds is 3. The molecule has 0 spiro atoms. The second kappa shape index (κ2) is 5.71. The SMILES string of the molecule is C#C[C@H](C)NC(=O)OCc1ccccc1. The van der Waals surface area contributed by atoms with Gasteiger partial charge in [-0.3, -0.25) is 0 Å². The third-order valence-corrected chi connectivity index (χ3v) is 1.80. The fraction of sp³-hybridized carbons (Fsp3) is 0.250. The van der Waals surface area contributed by atoms with E-state index in [1.807, 2.05) is 30.3 Å². The highest BCUT2D eigenvalue weighted by molar-refractivity contribution is 5.68. The van der Waals surface area contributed by atoms with Gasteiger partial charge in [0.1, 0.15) is 6.61 Å². The maximum absolute atomic E-state index is 11.2. The van der Waals surface area contributed by atoms with Gasteiger partial charge >= 0.3 is 6.09 Å². The summed E-state index contributed by atoms with van der Waals surface area (Å²) in [6.45, 7) is 1.97. The predicted octanol–water partition coefficient (Wildman–Crippen LogP) is 1.93. The van der Waals surface area contributed by atoms with Crippen molar-refractivity contribution in [2.45, 2.75) is 19.6 Å². The summed E-state index contributed by atoms with van der Waals surface area (Å²) >= 11 is 0. The monoisotopic (exact) mass is 203 g/mol. The van der Waals surface area contributed by atoms with Crippen LogP contribution in [0.2, 0.25) is 0 Å². The number of carbonyl (C=O) groups is 1. The van der Waals surface area contributed by atoms with Crippen LogP contribution in [-0.2, 0) is 11.3 Å². The zero-order valence-corrected chi connectivity index (χ0v) is 8.57. The molecule has 0 saturated heterocycles. The molecule has 0 fully saturated rings. The summed E-state index contributed by atoms with van der Waals surface area (Å²) in [5, 5.41) is 2.50. The van der Waals surface area contributed by atoms with Crippen LogP contribution in [-0.4, -0.2) is 12.1 Å². The highest BCUT2D eigenvalue weighted by atomic mass is 16.5. The normalized spacial score (nSPS) is 11.2. The molecular weight excluding hydrogens is 190 g/mol. The molecule has 0 aliphatic heterocycles. The molecule has 1 amide bonds. The van der Waals surface area contributed by atoms with Gasteiger partial charge in [-0.05, 0) is 12.5 Å². The molecule has 0 unspecified atom stereocenters. The maximum atomic E-state index is 11.2. The lowest BCUT2D eigenvalue weighted by atomic mass is 10.2. The van der Waals surface area contributed by atoms with Crippen molar-refractivity contribution in [2.75, 3.05) is 0 Å². The topological polar surface area (TPSA) is 38.3 Å². The molecule has 0 saturated carbocycles. The summed E-state index contributed by atoms with van der Waals surface area (Å²) in [6.07, 6.45) is 4.61. The molecular formula is C12H13NO2. The minimum atomic E-state index is -0.496. The van der Waals surface area contributed by atoms with Gasteiger partial charge in [-0.1, -0.05) is 36.3 Å². The molecule has 3 heteroatoms. The number of ether oxygens (including phenoxy) is 1. The summed E-state index contributed by atoms with van der Waals surface area (Å²) in [5.74, 6) is 2.38. The summed E-state index contributed by atoms with van der Waals surface area (Å²) in [5.41, 5.74) is 0.945. The van der Waals surface area contributed by atoms with Gasteiger partial charge in [0.25, 0.3) is 0 Å². The molecule has 1 aromatic carbocycles. The van der Waals surface area contributed by atoms with E-state index < -0.39 is 6.09 Å². The number of nitrogens with one attached hydrogen (secondary N) is 1. The van der Waals surface area contributed by atoms with Crippen LogP contribution < -0.4 is 5.32 Å². The Kier molecular flexibility index (Phi) is 4.24. The Morgan fingerprint density at radius 1 is 1.53 bits per heavy atom. The first-order valence-electron chi connectivity index (χ1n) is 4.65. The van der Waals surface area contributed by atoms with Gasteiger partial charge in [-0.25, -0.2) is 4.79 Å². The van der Waals surface area contributed by atoms with Crippen LogP contribution in [0.5, 0.6) is 0 Å². The summed E-state index contributed by atoms with van der Waals surface area (Å²) in [7, 11) is 0. The van der Waals surface area contributed by atoms with Gasteiger partial charge in [0.15, 0.2) is 0 Å². The minimum absolute atomic E-state index is 0.254. The van der Waals surface area contributed by atoms with Crippen LogP contribution in [0.25, 0.3) is 0 Å². The van der Waals surface area contributed by atoms with E-state index in [1.54, 1.807) is 6.92 Å². The van der Waals surface area contributed by atoms with E-state index in [0.29, 0.717) is 0 Å². The van der Waals surface area contributed by atoms with Crippen molar-refractivity contribution in [3.05, 3.63) is 35.9 Å². The third-order valence-electron chi connectivity index (χ3n) is 1.80. The van der Waals surface area contributed by atoms with Gasteiger partial charge in [-0.2, -0.15) is 0 Å². The molecule has 0 radical (unpaired) electrons. The first-order valence-corrected chi connectivity index (χ1v) is 4.65. The van der Waals surface area contributed by atoms with E-state index in [9.17, 15) is 4.79 Å². The Morgan fingerprint density at radius 3 is 2.80 bits per heavy atom. The molecule has 1 rings (SSSR count). The van der Waals surface area contributed by atoms with Crippen molar-refractivity contribution in [2.24, 2.45) is 0 Å². The van der Waals surface area contributed by atoms with Crippen LogP contribution in [0, 0.1) is 12.3 Å². The Bertz CT molecular complexity index is 354. The number of amides is 1. The number of hydrogen-bond donors (Lipinski definition) is 1. The molecule has 0 bridgehead atoms. The van der Waals surface area contributed by atoms with Gasteiger partial charge < -0.3 is 10.1 Å². The van der Waals surface area contributed by atoms with Gasteiger partial charge in [0.05, 0.1) is 6.04 Å². The van der Waals surface area contributed by atoms with Crippen molar-refractivity contribution in [1.82, 2.24) is 5.32 Å². The second-order valence-corrected chi connectivity index (χ2v) is 3.09. The van der Waals surface area contributed by atoms with Crippen LogP contribution in [0.15, 0.2) is 30.3 Å². The van der Waals surface area contributed by atoms with E-state index in [4.69, 9.17) is 11.2 Å². The van der Waals surface area contributed by atoms with Gasteiger partial charge in [0, 0.05) is 0 Å².